The zero-order valence-electron chi connectivity index (χ0n) is 24.7. The average Bonchev–Trinajstić information content (AvgIpc) is 3.47. The van der Waals surface area contributed by atoms with E-state index in [1.165, 1.54) is 51.6 Å². The summed E-state index contributed by atoms with van der Waals surface area (Å²) in [5.74, 6) is 2.51. The van der Waals surface area contributed by atoms with Gasteiger partial charge in [-0.3, -0.25) is 9.69 Å². The van der Waals surface area contributed by atoms with Crippen LogP contribution in [0.25, 0.3) is 0 Å². The largest absolute Gasteiger partial charge is 1.00 e. The summed E-state index contributed by atoms with van der Waals surface area (Å²) in [6.07, 6.45) is 12.7. The minimum Gasteiger partial charge on any atom is -1.00 e. The Hall–Kier alpha value is -0.470. The van der Waals surface area contributed by atoms with Crippen molar-refractivity contribution in [2.75, 3.05) is 45.9 Å². The van der Waals surface area contributed by atoms with Crippen molar-refractivity contribution in [2.45, 2.75) is 103 Å². The number of fused-ring (bicyclic) bond motifs is 5. The third kappa shape index (κ3) is 4.88. The lowest BCUT2D eigenvalue weighted by atomic mass is 9.44. The molecule has 2 saturated heterocycles. The summed E-state index contributed by atoms with van der Waals surface area (Å²) in [7, 11) is 0. The van der Waals surface area contributed by atoms with Crippen LogP contribution in [0.4, 0.5) is 0 Å². The molecule has 2 aliphatic heterocycles. The molecule has 6 aliphatic rings. The number of rotatable bonds is 5. The average molecular weight is 610 g/mol. The molecule has 6 rings (SSSR count). The molecule has 0 aromatic heterocycles. The summed E-state index contributed by atoms with van der Waals surface area (Å²) in [6, 6.07) is 0.666. The highest BCUT2D eigenvalue weighted by Crippen LogP contribution is 2.67. The summed E-state index contributed by atoms with van der Waals surface area (Å²) >= 11 is 0. The number of morpholine rings is 1. The van der Waals surface area contributed by atoms with E-state index < -0.39 is 0 Å². The zero-order valence-corrected chi connectivity index (χ0v) is 26.2. The molecule has 4 saturated carbocycles. The number of carbonyl (C=O) groups excluding carboxylic acids is 1. The maximum atomic E-state index is 12.1. The summed E-state index contributed by atoms with van der Waals surface area (Å²) in [6.45, 7) is 17.6. The van der Waals surface area contributed by atoms with Gasteiger partial charge in [0.1, 0.15) is 18.2 Å². The lowest BCUT2D eigenvalue weighted by Crippen LogP contribution is -3.00. The topological polar surface area (TPSA) is 59.0 Å². The first kappa shape index (κ1) is 30.0. The van der Waals surface area contributed by atoms with Crippen LogP contribution in [0.2, 0.25) is 0 Å². The smallest absolute Gasteiger partial charge is 0.302 e. The molecule has 4 aliphatic carbocycles. The number of halogens is 1. The highest BCUT2D eigenvalue weighted by molar-refractivity contribution is 5.66. The van der Waals surface area contributed by atoms with Gasteiger partial charge in [0, 0.05) is 50.7 Å². The molecular formula is C32H53BrN2O4. The second kappa shape index (κ2) is 11.3. The fourth-order valence-electron chi connectivity index (χ4n) is 11.3. The first-order valence-corrected chi connectivity index (χ1v) is 15.9. The molecule has 7 heteroatoms. The maximum absolute atomic E-state index is 12.1. The minimum atomic E-state index is -0.196. The number of hydrogen-bond acceptors (Lipinski definition) is 5. The van der Waals surface area contributed by atoms with Crippen LogP contribution in [0, 0.1) is 34.5 Å². The number of carbonyl (C=O) groups is 1. The molecule has 222 valence electrons. The molecule has 0 aromatic rings. The first-order chi connectivity index (χ1) is 18.2. The number of aliphatic hydroxyl groups is 1. The molecule has 3 unspecified atom stereocenters. The molecule has 10 atom stereocenters. The predicted octanol–water partition coefficient (Wildman–Crippen LogP) is 1.41. The number of aliphatic hydroxyl groups excluding tert-OH is 1. The van der Waals surface area contributed by atoms with Gasteiger partial charge in [0.2, 0.25) is 0 Å². The minimum absolute atomic E-state index is 0. The van der Waals surface area contributed by atoms with Crippen LogP contribution >= 0.6 is 0 Å². The van der Waals surface area contributed by atoms with Crippen LogP contribution < -0.4 is 17.0 Å². The van der Waals surface area contributed by atoms with Crippen LogP contribution in [0.1, 0.15) is 78.6 Å². The Labute approximate surface area is 247 Å². The van der Waals surface area contributed by atoms with Crippen molar-refractivity contribution in [3.8, 4) is 0 Å². The molecule has 0 bridgehead atoms. The van der Waals surface area contributed by atoms with Crippen LogP contribution in [0.5, 0.6) is 0 Å². The lowest BCUT2D eigenvalue weighted by molar-refractivity contribution is -0.938. The Morgan fingerprint density at radius 2 is 1.82 bits per heavy atom. The number of quaternary nitrogens is 1. The van der Waals surface area contributed by atoms with Crippen molar-refractivity contribution in [2.24, 2.45) is 34.5 Å². The Balaban J connectivity index is 0.00000308. The summed E-state index contributed by atoms with van der Waals surface area (Å²) < 4.78 is 12.8. The molecular weight excluding hydrogens is 556 g/mol. The van der Waals surface area contributed by atoms with Gasteiger partial charge in [0.25, 0.3) is 0 Å². The van der Waals surface area contributed by atoms with Crippen molar-refractivity contribution < 1.29 is 40.8 Å². The molecule has 39 heavy (non-hydrogen) atoms. The Kier molecular flexibility index (Phi) is 8.70. The standard InChI is InChI=1S/C32H53N2O4.BrH/c1-5-14-34(15-6-7-16-34)28-20-26-24-9-8-23-19-29(38-22(2)35)27(33-12-17-37-18-13-33)21-32(23,4)25(24)10-11-31(26,3)30(28)36;/h5,23-30,36H,1,6-21H2,2-4H3;1H/q+1;/p-1/t23-,24?,25?,26?,27-,28-,29-,30-,31-,32-;/m0./s1. The van der Waals surface area contributed by atoms with Gasteiger partial charge >= 0.3 is 5.97 Å². The van der Waals surface area contributed by atoms with Crippen LogP contribution in [0.3, 0.4) is 0 Å². The van der Waals surface area contributed by atoms with Crippen molar-refractivity contribution in [3.05, 3.63) is 12.7 Å². The summed E-state index contributed by atoms with van der Waals surface area (Å²) in [5.41, 5.74) is 0.316. The van der Waals surface area contributed by atoms with E-state index in [0.29, 0.717) is 35.8 Å². The third-order valence-corrected chi connectivity index (χ3v) is 13.1. The second-order valence-corrected chi connectivity index (χ2v) is 14.6. The van der Waals surface area contributed by atoms with E-state index in [4.69, 9.17) is 9.47 Å². The van der Waals surface area contributed by atoms with Crippen LogP contribution in [0.15, 0.2) is 12.7 Å². The van der Waals surface area contributed by atoms with Crippen LogP contribution in [-0.2, 0) is 14.3 Å². The number of nitrogens with zero attached hydrogens (tertiary/aromatic N) is 2. The van der Waals surface area contributed by atoms with Crippen molar-refractivity contribution >= 4 is 5.97 Å². The fourth-order valence-corrected chi connectivity index (χ4v) is 11.3. The van der Waals surface area contributed by atoms with Gasteiger partial charge in [-0.25, -0.2) is 0 Å². The normalized spacial score (nSPS) is 47.3. The zero-order chi connectivity index (χ0) is 26.7. The molecule has 1 N–H and O–H groups in total. The van der Waals surface area contributed by atoms with Gasteiger partial charge in [-0.05, 0) is 73.7 Å². The summed E-state index contributed by atoms with van der Waals surface area (Å²) in [5, 5.41) is 12.0. The van der Waals surface area contributed by atoms with Gasteiger partial charge in [-0.15, -0.1) is 0 Å². The molecule has 6 nitrogen and oxygen atoms in total. The van der Waals surface area contributed by atoms with Crippen LogP contribution in [-0.4, -0.2) is 90.7 Å². The summed E-state index contributed by atoms with van der Waals surface area (Å²) in [4.78, 5) is 14.7. The molecule has 2 heterocycles. The van der Waals surface area contributed by atoms with Gasteiger partial charge in [0.15, 0.2) is 0 Å². The predicted molar refractivity (Wildman–Crippen MR) is 148 cm³/mol. The Bertz CT molecular complexity index is 905. The lowest BCUT2D eigenvalue weighted by Gasteiger charge is -2.62. The van der Waals surface area contributed by atoms with Crippen molar-refractivity contribution in [1.82, 2.24) is 4.90 Å². The second-order valence-electron chi connectivity index (χ2n) is 14.6. The van der Waals surface area contributed by atoms with E-state index in [-0.39, 0.29) is 46.0 Å². The SMILES string of the molecule is C=CC[N+]1([C@H]2CC3C4CC[C@H]5C[C@H](OC(C)=O)[C@@H](N6CCOCC6)C[C@]5(C)C4CC[C@]3(C)[C@H]2O)CCCC1.[Br-]. The van der Waals surface area contributed by atoms with E-state index in [1.807, 2.05) is 0 Å². The Morgan fingerprint density at radius 3 is 2.49 bits per heavy atom. The van der Waals surface area contributed by atoms with Crippen molar-refractivity contribution in [3.63, 3.8) is 0 Å². The first-order valence-electron chi connectivity index (χ1n) is 15.9. The van der Waals surface area contributed by atoms with E-state index in [9.17, 15) is 9.90 Å². The maximum Gasteiger partial charge on any atom is 0.302 e. The molecule has 0 aromatic carbocycles. The third-order valence-electron chi connectivity index (χ3n) is 13.1. The highest BCUT2D eigenvalue weighted by atomic mass is 79.9. The molecule has 6 fully saturated rings. The van der Waals surface area contributed by atoms with Gasteiger partial charge in [-0.1, -0.05) is 20.4 Å². The number of hydrogen-bond donors (Lipinski definition) is 1. The van der Waals surface area contributed by atoms with E-state index in [2.05, 4.69) is 31.4 Å². The highest BCUT2D eigenvalue weighted by Gasteiger charge is 2.66. The number of likely N-dealkylation sites (tertiary alicyclic amines) is 1. The quantitative estimate of drug-likeness (QED) is 0.291. The van der Waals surface area contributed by atoms with E-state index in [1.54, 1.807) is 6.92 Å². The number of ether oxygens (including phenoxy) is 2. The Morgan fingerprint density at radius 1 is 1.10 bits per heavy atom. The van der Waals surface area contributed by atoms with Gasteiger partial charge in [-0.2, -0.15) is 0 Å². The van der Waals surface area contributed by atoms with E-state index >= 15 is 0 Å². The van der Waals surface area contributed by atoms with Gasteiger partial charge in [0.05, 0.1) is 32.8 Å². The monoisotopic (exact) mass is 608 g/mol. The molecule has 0 spiro atoms. The number of esters is 1. The van der Waals surface area contributed by atoms with E-state index in [0.717, 1.165) is 56.6 Å². The van der Waals surface area contributed by atoms with Gasteiger partial charge < -0.3 is 36.0 Å². The molecule has 0 radical (unpaired) electrons. The fraction of sp³-hybridized carbons (Fsp3) is 0.906. The van der Waals surface area contributed by atoms with Crippen molar-refractivity contribution in [1.29, 1.82) is 0 Å². The molecule has 0 amide bonds.